The molecule has 0 saturated heterocycles. The first-order valence-electron chi connectivity index (χ1n) is 4.88. The van der Waals surface area contributed by atoms with E-state index >= 15 is 0 Å². The standard InChI is InChI=1S/C12H12ClFO/c1-8(14)12(15,9-2-3-9)10-4-6-11(13)7-5-10/h4-7,9,15H,1-3H2. The minimum absolute atomic E-state index is 0.0452. The Hall–Kier alpha value is -0.860. The molecule has 1 aromatic rings. The van der Waals surface area contributed by atoms with E-state index in [1.54, 1.807) is 24.3 Å². The Morgan fingerprint density at radius 2 is 1.93 bits per heavy atom. The lowest BCUT2D eigenvalue weighted by molar-refractivity contribution is 0.0297. The summed E-state index contributed by atoms with van der Waals surface area (Å²) in [5.74, 6) is -0.733. The first-order chi connectivity index (χ1) is 7.05. The van der Waals surface area contributed by atoms with E-state index in [2.05, 4.69) is 6.58 Å². The van der Waals surface area contributed by atoms with Crippen LogP contribution in [0, 0.1) is 5.92 Å². The smallest absolute Gasteiger partial charge is 0.143 e. The minimum Gasteiger partial charge on any atom is -0.378 e. The molecule has 0 aromatic heterocycles. The molecule has 0 heterocycles. The van der Waals surface area contributed by atoms with Gasteiger partial charge in [0.05, 0.1) is 0 Å². The molecule has 15 heavy (non-hydrogen) atoms. The molecule has 3 heteroatoms. The molecule has 1 nitrogen and oxygen atoms in total. The van der Waals surface area contributed by atoms with E-state index in [1.807, 2.05) is 0 Å². The maximum absolute atomic E-state index is 13.3. The van der Waals surface area contributed by atoms with E-state index in [-0.39, 0.29) is 5.92 Å². The van der Waals surface area contributed by atoms with Gasteiger partial charge in [-0.1, -0.05) is 30.3 Å². The second kappa shape index (κ2) is 3.62. The van der Waals surface area contributed by atoms with Crippen molar-refractivity contribution in [1.82, 2.24) is 0 Å². The zero-order valence-electron chi connectivity index (χ0n) is 8.21. The lowest BCUT2D eigenvalue weighted by Gasteiger charge is -2.26. The summed E-state index contributed by atoms with van der Waals surface area (Å²) in [6.07, 6.45) is 1.67. The van der Waals surface area contributed by atoms with Crippen molar-refractivity contribution in [3.8, 4) is 0 Å². The van der Waals surface area contributed by atoms with Crippen LogP contribution in [0.1, 0.15) is 18.4 Å². The number of hydrogen-bond acceptors (Lipinski definition) is 1. The summed E-state index contributed by atoms with van der Waals surface area (Å²) in [7, 11) is 0. The fraction of sp³-hybridized carbons (Fsp3) is 0.333. The zero-order valence-corrected chi connectivity index (χ0v) is 8.97. The van der Waals surface area contributed by atoms with Crippen LogP contribution in [-0.2, 0) is 5.60 Å². The Morgan fingerprint density at radius 3 is 2.33 bits per heavy atom. The molecular weight excluding hydrogens is 215 g/mol. The topological polar surface area (TPSA) is 20.2 Å². The van der Waals surface area contributed by atoms with Crippen LogP contribution in [0.4, 0.5) is 4.39 Å². The van der Waals surface area contributed by atoms with Crippen molar-refractivity contribution in [2.75, 3.05) is 0 Å². The Labute approximate surface area is 93.2 Å². The second-order valence-corrected chi connectivity index (χ2v) is 4.39. The average molecular weight is 227 g/mol. The van der Waals surface area contributed by atoms with Crippen molar-refractivity contribution in [1.29, 1.82) is 0 Å². The summed E-state index contributed by atoms with van der Waals surface area (Å²) in [5.41, 5.74) is -0.994. The monoisotopic (exact) mass is 226 g/mol. The molecule has 1 aliphatic carbocycles. The van der Waals surface area contributed by atoms with Crippen LogP contribution in [-0.4, -0.2) is 5.11 Å². The molecule has 0 aliphatic heterocycles. The van der Waals surface area contributed by atoms with Crippen molar-refractivity contribution >= 4 is 11.6 Å². The highest BCUT2D eigenvalue weighted by molar-refractivity contribution is 6.30. The van der Waals surface area contributed by atoms with Gasteiger partial charge in [-0.15, -0.1) is 0 Å². The largest absolute Gasteiger partial charge is 0.378 e. The Balaban J connectivity index is 2.40. The lowest BCUT2D eigenvalue weighted by Crippen LogP contribution is -2.28. The van der Waals surface area contributed by atoms with Gasteiger partial charge in [0, 0.05) is 5.02 Å². The van der Waals surface area contributed by atoms with Crippen molar-refractivity contribution in [3.63, 3.8) is 0 Å². The molecule has 1 aromatic carbocycles. The third-order valence-corrected chi connectivity index (χ3v) is 3.12. The Bertz CT molecular complexity index is 383. The highest BCUT2D eigenvalue weighted by Gasteiger charge is 2.47. The van der Waals surface area contributed by atoms with Crippen molar-refractivity contribution < 1.29 is 9.50 Å². The number of benzene rings is 1. The molecule has 1 aliphatic rings. The van der Waals surface area contributed by atoms with Gasteiger partial charge in [-0.3, -0.25) is 0 Å². The molecule has 0 bridgehead atoms. The van der Waals surface area contributed by atoms with Gasteiger partial charge in [0.15, 0.2) is 0 Å². The number of aliphatic hydroxyl groups is 1. The summed E-state index contributed by atoms with van der Waals surface area (Å²) in [4.78, 5) is 0. The van der Waals surface area contributed by atoms with E-state index < -0.39 is 11.4 Å². The average Bonchev–Trinajstić information content (AvgIpc) is 3.00. The minimum atomic E-state index is -1.52. The predicted molar refractivity (Wildman–Crippen MR) is 58.3 cm³/mol. The van der Waals surface area contributed by atoms with Gasteiger partial charge in [-0.2, -0.15) is 0 Å². The van der Waals surface area contributed by atoms with Gasteiger partial charge >= 0.3 is 0 Å². The maximum atomic E-state index is 13.3. The van der Waals surface area contributed by atoms with Crippen LogP contribution in [0.25, 0.3) is 0 Å². The highest BCUT2D eigenvalue weighted by atomic mass is 35.5. The molecule has 1 unspecified atom stereocenters. The third-order valence-electron chi connectivity index (χ3n) is 2.87. The number of rotatable bonds is 3. The van der Waals surface area contributed by atoms with E-state index in [1.165, 1.54) is 0 Å². The molecule has 1 saturated carbocycles. The lowest BCUT2D eigenvalue weighted by atomic mass is 9.88. The van der Waals surface area contributed by atoms with E-state index in [4.69, 9.17) is 11.6 Å². The van der Waals surface area contributed by atoms with Crippen LogP contribution in [0.2, 0.25) is 5.02 Å². The normalized spacial score (nSPS) is 19.7. The molecular formula is C12H12ClFO. The Morgan fingerprint density at radius 1 is 1.40 bits per heavy atom. The van der Waals surface area contributed by atoms with E-state index in [9.17, 15) is 9.50 Å². The van der Waals surface area contributed by atoms with Gasteiger partial charge in [0.2, 0.25) is 0 Å². The molecule has 1 N–H and O–H groups in total. The van der Waals surface area contributed by atoms with E-state index in [0.29, 0.717) is 10.6 Å². The van der Waals surface area contributed by atoms with Crippen LogP contribution in [0.3, 0.4) is 0 Å². The molecule has 0 spiro atoms. The SMILES string of the molecule is C=C(F)C(O)(c1ccc(Cl)cc1)C1CC1. The van der Waals surface area contributed by atoms with Gasteiger partial charge in [0.25, 0.3) is 0 Å². The maximum Gasteiger partial charge on any atom is 0.143 e. The summed E-state index contributed by atoms with van der Waals surface area (Å²) >= 11 is 5.74. The van der Waals surface area contributed by atoms with Gasteiger partial charge in [-0.05, 0) is 36.5 Å². The van der Waals surface area contributed by atoms with Crippen molar-refractivity contribution in [3.05, 3.63) is 47.3 Å². The van der Waals surface area contributed by atoms with Crippen LogP contribution in [0.15, 0.2) is 36.7 Å². The summed E-state index contributed by atoms with van der Waals surface area (Å²) in [6.45, 7) is 3.24. The van der Waals surface area contributed by atoms with Gasteiger partial charge in [0.1, 0.15) is 11.4 Å². The highest BCUT2D eigenvalue weighted by Crippen LogP contribution is 2.49. The summed E-state index contributed by atoms with van der Waals surface area (Å²) < 4.78 is 13.3. The summed E-state index contributed by atoms with van der Waals surface area (Å²) in [6, 6.07) is 6.58. The fourth-order valence-electron chi connectivity index (χ4n) is 1.82. The first-order valence-corrected chi connectivity index (χ1v) is 5.26. The fourth-order valence-corrected chi connectivity index (χ4v) is 1.94. The molecule has 1 fully saturated rings. The quantitative estimate of drug-likeness (QED) is 0.837. The molecule has 1 atom stereocenters. The molecule has 0 radical (unpaired) electrons. The second-order valence-electron chi connectivity index (χ2n) is 3.95. The third kappa shape index (κ3) is 1.80. The van der Waals surface area contributed by atoms with Gasteiger partial charge < -0.3 is 5.11 Å². The molecule has 80 valence electrons. The molecule has 2 rings (SSSR count). The number of hydrogen-bond donors (Lipinski definition) is 1. The van der Waals surface area contributed by atoms with E-state index in [0.717, 1.165) is 12.8 Å². The van der Waals surface area contributed by atoms with Crippen LogP contribution in [0.5, 0.6) is 0 Å². The van der Waals surface area contributed by atoms with Crippen molar-refractivity contribution in [2.24, 2.45) is 5.92 Å². The van der Waals surface area contributed by atoms with Crippen LogP contribution < -0.4 is 0 Å². The Kier molecular flexibility index (Phi) is 2.57. The van der Waals surface area contributed by atoms with Crippen LogP contribution >= 0.6 is 11.6 Å². The summed E-state index contributed by atoms with van der Waals surface area (Å²) in [5, 5.41) is 10.8. The zero-order chi connectivity index (χ0) is 11.1. The van der Waals surface area contributed by atoms with Crippen molar-refractivity contribution in [2.45, 2.75) is 18.4 Å². The number of halogens is 2. The predicted octanol–water partition coefficient (Wildman–Crippen LogP) is 3.42. The first kappa shape index (κ1) is 10.7. The van der Waals surface area contributed by atoms with Gasteiger partial charge in [-0.25, -0.2) is 4.39 Å². The molecule has 0 amide bonds.